The van der Waals surface area contributed by atoms with Crippen molar-refractivity contribution in [3.8, 4) is 0 Å². The molecule has 102 valence electrons. The van der Waals surface area contributed by atoms with E-state index in [1.54, 1.807) is 25.3 Å². The van der Waals surface area contributed by atoms with Gasteiger partial charge in [-0.05, 0) is 38.3 Å². The van der Waals surface area contributed by atoms with Crippen LogP contribution in [-0.4, -0.2) is 28.0 Å². The molecule has 2 unspecified atom stereocenters. The third kappa shape index (κ3) is 3.30. The summed E-state index contributed by atoms with van der Waals surface area (Å²) in [7, 11) is 0. The first-order valence-electron chi connectivity index (χ1n) is 6.53. The van der Waals surface area contributed by atoms with Crippen LogP contribution in [0.2, 0.25) is 0 Å². The number of carbonyl (C=O) groups excluding carboxylic acids is 1. The fourth-order valence-electron chi connectivity index (χ4n) is 2.53. The number of nitrogens with zero attached hydrogens (tertiary/aromatic N) is 1. The second kappa shape index (κ2) is 5.82. The van der Waals surface area contributed by atoms with Gasteiger partial charge in [0.25, 0.3) is 5.91 Å². The lowest BCUT2D eigenvalue weighted by Gasteiger charge is -2.27. The quantitative estimate of drug-likeness (QED) is 0.870. The number of aryl methyl sites for hydroxylation is 1. The highest BCUT2D eigenvalue weighted by Gasteiger charge is 2.28. The first kappa shape index (κ1) is 13.5. The van der Waals surface area contributed by atoms with Gasteiger partial charge in [-0.15, -0.1) is 0 Å². The van der Waals surface area contributed by atoms with Crippen molar-refractivity contribution in [3.63, 3.8) is 0 Å². The van der Waals surface area contributed by atoms with Crippen molar-refractivity contribution < 1.29 is 14.7 Å². The molecule has 1 fully saturated rings. The second-order valence-corrected chi connectivity index (χ2v) is 5.01. The third-order valence-electron chi connectivity index (χ3n) is 3.61. The first-order chi connectivity index (χ1) is 9.08. The number of rotatable bonds is 3. The van der Waals surface area contributed by atoms with E-state index in [2.05, 4.69) is 10.3 Å². The molecule has 1 saturated carbocycles. The molecule has 0 saturated heterocycles. The number of amides is 1. The van der Waals surface area contributed by atoms with Crippen molar-refractivity contribution >= 4 is 11.9 Å². The Morgan fingerprint density at radius 2 is 2.21 bits per heavy atom. The minimum Gasteiger partial charge on any atom is -0.481 e. The van der Waals surface area contributed by atoms with Crippen LogP contribution in [0, 0.1) is 12.8 Å². The van der Waals surface area contributed by atoms with E-state index < -0.39 is 5.97 Å². The molecule has 2 N–H and O–H groups in total. The van der Waals surface area contributed by atoms with Gasteiger partial charge in [0.1, 0.15) is 0 Å². The van der Waals surface area contributed by atoms with Crippen molar-refractivity contribution in [1.82, 2.24) is 10.3 Å². The number of nitrogens with one attached hydrogen (secondary N) is 1. The van der Waals surface area contributed by atoms with Crippen LogP contribution in [0.4, 0.5) is 0 Å². The Hall–Kier alpha value is -1.91. The van der Waals surface area contributed by atoms with Crippen molar-refractivity contribution in [2.75, 3.05) is 0 Å². The SMILES string of the molecule is Cc1ncccc1C(=O)NC1CCCC(C(=O)O)C1. The Morgan fingerprint density at radius 3 is 2.89 bits per heavy atom. The predicted molar refractivity (Wildman–Crippen MR) is 69.8 cm³/mol. The lowest BCUT2D eigenvalue weighted by molar-refractivity contribution is -0.143. The lowest BCUT2D eigenvalue weighted by Crippen LogP contribution is -2.40. The molecule has 5 nitrogen and oxygen atoms in total. The number of aromatic nitrogens is 1. The van der Waals surface area contributed by atoms with Crippen LogP contribution in [0.3, 0.4) is 0 Å². The van der Waals surface area contributed by atoms with Crippen molar-refractivity contribution in [1.29, 1.82) is 0 Å². The molecule has 2 rings (SSSR count). The van der Waals surface area contributed by atoms with Crippen molar-refractivity contribution in [2.45, 2.75) is 38.6 Å². The van der Waals surface area contributed by atoms with Gasteiger partial charge >= 0.3 is 5.97 Å². The summed E-state index contributed by atoms with van der Waals surface area (Å²) in [6.07, 6.45) is 4.55. The van der Waals surface area contributed by atoms with Crippen molar-refractivity contribution in [3.05, 3.63) is 29.6 Å². The number of hydrogen-bond donors (Lipinski definition) is 2. The van der Waals surface area contributed by atoms with Gasteiger partial charge in [-0.2, -0.15) is 0 Å². The summed E-state index contributed by atoms with van der Waals surface area (Å²) in [6, 6.07) is 3.40. The average Bonchev–Trinajstić information content (AvgIpc) is 2.39. The minimum absolute atomic E-state index is 0.0537. The monoisotopic (exact) mass is 262 g/mol. The molecule has 0 bridgehead atoms. The van der Waals surface area contributed by atoms with Crippen LogP contribution in [0.15, 0.2) is 18.3 Å². The van der Waals surface area contributed by atoms with Crippen LogP contribution in [-0.2, 0) is 4.79 Å². The zero-order chi connectivity index (χ0) is 13.8. The van der Waals surface area contributed by atoms with Gasteiger partial charge in [-0.3, -0.25) is 14.6 Å². The van der Waals surface area contributed by atoms with E-state index in [9.17, 15) is 9.59 Å². The van der Waals surface area contributed by atoms with E-state index in [0.29, 0.717) is 24.1 Å². The van der Waals surface area contributed by atoms with E-state index in [-0.39, 0.29) is 17.9 Å². The zero-order valence-electron chi connectivity index (χ0n) is 10.9. The Labute approximate surface area is 112 Å². The summed E-state index contributed by atoms with van der Waals surface area (Å²) in [6.45, 7) is 1.79. The van der Waals surface area contributed by atoms with Gasteiger partial charge in [0, 0.05) is 17.9 Å². The summed E-state index contributed by atoms with van der Waals surface area (Å²) in [4.78, 5) is 27.2. The molecule has 5 heteroatoms. The third-order valence-corrected chi connectivity index (χ3v) is 3.61. The smallest absolute Gasteiger partial charge is 0.306 e. The molecular formula is C14H18N2O3. The molecule has 1 aromatic rings. The van der Waals surface area contributed by atoms with E-state index in [1.165, 1.54) is 0 Å². The molecule has 1 aliphatic carbocycles. The van der Waals surface area contributed by atoms with Crippen molar-refractivity contribution in [2.24, 2.45) is 5.92 Å². The maximum atomic E-state index is 12.1. The van der Waals surface area contributed by atoms with E-state index in [1.807, 2.05) is 0 Å². The summed E-state index contributed by atoms with van der Waals surface area (Å²) < 4.78 is 0. The number of hydrogen-bond acceptors (Lipinski definition) is 3. The van der Waals surface area contributed by atoms with E-state index in [4.69, 9.17) is 5.11 Å². The number of carboxylic acid groups (broad SMARTS) is 1. The fourth-order valence-corrected chi connectivity index (χ4v) is 2.53. The number of aliphatic carboxylic acids is 1. The molecular weight excluding hydrogens is 244 g/mol. The van der Waals surface area contributed by atoms with E-state index in [0.717, 1.165) is 12.8 Å². The summed E-state index contributed by atoms with van der Waals surface area (Å²) >= 11 is 0. The van der Waals surface area contributed by atoms with Gasteiger partial charge in [0.15, 0.2) is 0 Å². The largest absolute Gasteiger partial charge is 0.481 e. The molecule has 1 amide bonds. The maximum Gasteiger partial charge on any atom is 0.306 e. The summed E-state index contributed by atoms with van der Waals surface area (Å²) in [5, 5.41) is 11.9. The topological polar surface area (TPSA) is 79.3 Å². The predicted octanol–water partition coefficient (Wildman–Crippen LogP) is 1.76. The van der Waals surface area contributed by atoms with Crippen LogP contribution in [0.25, 0.3) is 0 Å². The first-order valence-corrected chi connectivity index (χ1v) is 6.53. The molecule has 0 spiro atoms. The summed E-state index contributed by atoms with van der Waals surface area (Å²) in [5.41, 5.74) is 1.24. The van der Waals surface area contributed by atoms with Crippen LogP contribution >= 0.6 is 0 Å². The zero-order valence-corrected chi connectivity index (χ0v) is 10.9. The average molecular weight is 262 g/mol. The molecule has 19 heavy (non-hydrogen) atoms. The molecule has 0 radical (unpaired) electrons. The van der Waals surface area contributed by atoms with Crippen LogP contribution in [0.5, 0.6) is 0 Å². The Balaban J connectivity index is 1.99. The number of carboxylic acids is 1. The molecule has 1 aromatic heterocycles. The molecule has 1 heterocycles. The Bertz CT molecular complexity index is 487. The number of carbonyl (C=O) groups is 2. The van der Waals surface area contributed by atoms with Crippen LogP contribution in [0.1, 0.15) is 41.7 Å². The molecule has 1 aliphatic rings. The fraction of sp³-hybridized carbons (Fsp3) is 0.500. The van der Waals surface area contributed by atoms with Gasteiger partial charge in [0.2, 0.25) is 0 Å². The maximum absolute atomic E-state index is 12.1. The summed E-state index contributed by atoms with van der Waals surface area (Å²) in [5.74, 6) is -1.27. The Morgan fingerprint density at radius 1 is 1.42 bits per heavy atom. The molecule has 0 aromatic carbocycles. The van der Waals surface area contributed by atoms with Crippen LogP contribution < -0.4 is 5.32 Å². The number of pyridine rings is 1. The van der Waals surface area contributed by atoms with Gasteiger partial charge < -0.3 is 10.4 Å². The van der Waals surface area contributed by atoms with Gasteiger partial charge in [-0.1, -0.05) is 6.42 Å². The van der Waals surface area contributed by atoms with E-state index >= 15 is 0 Å². The lowest BCUT2D eigenvalue weighted by atomic mass is 9.85. The minimum atomic E-state index is -0.767. The highest BCUT2D eigenvalue weighted by atomic mass is 16.4. The standard InChI is InChI=1S/C14H18N2O3/c1-9-12(6-3-7-15-9)13(17)16-11-5-2-4-10(8-11)14(18)19/h3,6-7,10-11H,2,4-5,8H2,1H3,(H,16,17)(H,18,19). The highest BCUT2D eigenvalue weighted by Crippen LogP contribution is 2.24. The molecule has 2 atom stereocenters. The highest BCUT2D eigenvalue weighted by molar-refractivity contribution is 5.95. The Kier molecular flexibility index (Phi) is 4.14. The van der Waals surface area contributed by atoms with Gasteiger partial charge in [0.05, 0.1) is 11.5 Å². The van der Waals surface area contributed by atoms with Gasteiger partial charge in [-0.25, -0.2) is 0 Å². The molecule has 0 aliphatic heterocycles. The normalized spacial score (nSPS) is 22.8. The second-order valence-electron chi connectivity index (χ2n) is 5.01.